The molecule has 0 radical (unpaired) electrons. The fraction of sp³-hybridized carbons (Fsp3) is 0.800. The number of rotatable bonds is 6. The van der Waals surface area contributed by atoms with E-state index in [-0.39, 0.29) is 6.10 Å². The highest BCUT2D eigenvalue weighted by Gasteiger charge is 1.99. The van der Waals surface area contributed by atoms with Crippen molar-refractivity contribution in [3.05, 3.63) is 12.2 Å². The average Bonchev–Trinajstić information content (AvgIpc) is 2.10. The lowest BCUT2D eigenvalue weighted by atomic mass is 10.1. The summed E-state index contributed by atoms with van der Waals surface area (Å²) in [6.45, 7) is 4.00. The molecule has 0 aliphatic rings. The van der Waals surface area contributed by atoms with E-state index in [2.05, 4.69) is 6.92 Å². The second-order valence-corrected chi connectivity index (χ2v) is 3.07. The summed E-state index contributed by atoms with van der Waals surface area (Å²) in [7, 11) is 0. The maximum Gasteiger partial charge on any atom is 0.0721 e. The minimum absolute atomic E-state index is 0.383. The van der Waals surface area contributed by atoms with E-state index in [0.29, 0.717) is 6.42 Å². The summed E-state index contributed by atoms with van der Waals surface area (Å²) in [6, 6.07) is 0. The Morgan fingerprint density at radius 3 is 2.17 bits per heavy atom. The molecule has 2 heteroatoms. The largest absolute Gasteiger partial charge is 0.389 e. The van der Waals surface area contributed by atoms with Crippen molar-refractivity contribution in [2.24, 2.45) is 0 Å². The molecule has 0 aromatic rings. The van der Waals surface area contributed by atoms with Crippen LogP contribution in [-0.4, -0.2) is 22.4 Å². The van der Waals surface area contributed by atoms with Gasteiger partial charge in [0.05, 0.1) is 12.2 Å². The summed E-state index contributed by atoms with van der Waals surface area (Å²) in [5, 5.41) is 18.5. The summed E-state index contributed by atoms with van der Waals surface area (Å²) >= 11 is 0. The van der Waals surface area contributed by atoms with Crippen molar-refractivity contribution in [3.63, 3.8) is 0 Å². The Kier molecular flexibility index (Phi) is 7.11. The van der Waals surface area contributed by atoms with Crippen molar-refractivity contribution in [1.82, 2.24) is 0 Å². The van der Waals surface area contributed by atoms with E-state index in [1.807, 2.05) is 6.92 Å². The summed E-state index contributed by atoms with van der Waals surface area (Å²) in [5.74, 6) is 0. The van der Waals surface area contributed by atoms with Crippen molar-refractivity contribution < 1.29 is 10.2 Å². The number of aliphatic hydroxyl groups is 2. The molecule has 0 aliphatic carbocycles. The SMILES string of the molecule is CCCCC(O)C=CC(O)CC. The maximum atomic E-state index is 9.33. The van der Waals surface area contributed by atoms with Gasteiger partial charge in [-0.25, -0.2) is 0 Å². The molecule has 0 fully saturated rings. The van der Waals surface area contributed by atoms with Gasteiger partial charge < -0.3 is 10.2 Å². The molecule has 0 saturated heterocycles. The van der Waals surface area contributed by atoms with Crippen molar-refractivity contribution in [3.8, 4) is 0 Å². The monoisotopic (exact) mass is 172 g/mol. The first-order valence-electron chi connectivity index (χ1n) is 4.75. The molecular formula is C10H20O2. The van der Waals surface area contributed by atoms with Gasteiger partial charge in [0.1, 0.15) is 0 Å². The topological polar surface area (TPSA) is 40.5 Å². The smallest absolute Gasteiger partial charge is 0.0721 e. The number of aliphatic hydroxyl groups excluding tert-OH is 2. The molecule has 12 heavy (non-hydrogen) atoms. The van der Waals surface area contributed by atoms with E-state index in [1.165, 1.54) is 0 Å². The van der Waals surface area contributed by atoms with Gasteiger partial charge in [0, 0.05) is 0 Å². The van der Waals surface area contributed by atoms with Crippen LogP contribution in [0.15, 0.2) is 12.2 Å². The van der Waals surface area contributed by atoms with E-state index in [1.54, 1.807) is 12.2 Å². The average molecular weight is 172 g/mol. The maximum absolute atomic E-state index is 9.33. The van der Waals surface area contributed by atoms with Gasteiger partial charge in [-0.3, -0.25) is 0 Å². The lowest BCUT2D eigenvalue weighted by molar-refractivity contribution is 0.197. The molecule has 2 atom stereocenters. The van der Waals surface area contributed by atoms with Gasteiger partial charge in [0.15, 0.2) is 0 Å². The van der Waals surface area contributed by atoms with Crippen LogP contribution in [0.4, 0.5) is 0 Å². The summed E-state index contributed by atoms with van der Waals surface area (Å²) < 4.78 is 0. The van der Waals surface area contributed by atoms with Gasteiger partial charge in [0.2, 0.25) is 0 Å². The predicted octanol–water partition coefficient (Wildman–Crippen LogP) is 1.86. The van der Waals surface area contributed by atoms with Gasteiger partial charge in [0.25, 0.3) is 0 Å². The third-order valence-corrected chi connectivity index (χ3v) is 1.83. The fourth-order valence-electron chi connectivity index (χ4n) is 0.902. The Morgan fingerprint density at radius 2 is 1.67 bits per heavy atom. The first-order chi connectivity index (χ1) is 5.70. The van der Waals surface area contributed by atoms with Crippen molar-refractivity contribution in [2.45, 2.75) is 51.7 Å². The fourth-order valence-corrected chi connectivity index (χ4v) is 0.902. The number of unbranched alkanes of at least 4 members (excludes halogenated alkanes) is 1. The predicted molar refractivity (Wildman–Crippen MR) is 51.0 cm³/mol. The first-order valence-corrected chi connectivity index (χ1v) is 4.75. The number of hydrogen-bond donors (Lipinski definition) is 2. The van der Waals surface area contributed by atoms with Crippen LogP contribution in [0, 0.1) is 0 Å². The van der Waals surface area contributed by atoms with Crippen LogP contribution in [0.1, 0.15) is 39.5 Å². The van der Waals surface area contributed by atoms with Crippen LogP contribution in [0.2, 0.25) is 0 Å². The van der Waals surface area contributed by atoms with Crippen LogP contribution in [-0.2, 0) is 0 Å². The van der Waals surface area contributed by atoms with E-state index in [9.17, 15) is 5.11 Å². The standard InChI is InChI=1S/C10H20O2/c1-3-5-6-10(12)8-7-9(11)4-2/h7-12H,3-6H2,1-2H3. The zero-order valence-corrected chi connectivity index (χ0v) is 8.03. The molecular weight excluding hydrogens is 152 g/mol. The van der Waals surface area contributed by atoms with Gasteiger partial charge >= 0.3 is 0 Å². The highest BCUT2D eigenvalue weighted by atomic mass is 16.3. The molecule has 0 saturated carbocycles. The molecule has 0 aliphatic heterocycles. The third kappa shape index (κ3) is 6.38. The molecule has 0 aromatic heterocycles. The van der Waals surface area contributed by atoms with Crippen LogP contribution in [0.3, 0.4) is 0 Å². The van der Waals surface area contributed by atoms with E-state index in [0.717, 1.165) is 19.3 Å². The number of hydrogen-bond acceptors (Lipinski definition) is 2. The van der Waals surface area contributed by atoms with E-state index >= 15 is 0 Å². The molecule has 0 spiro atoms. The third-order valence-electron chi connectivity index (χ3n) is 1.83. The summed E-state index contributed by atoms with van der Waals surface area (Å²) in [6.07, 6.45) is 6.20. The van der Waals surface area contributed by atoms with Crippen molar-refractivity contribution >= 4 is 0 Å². The van der Waals surface area contributed by atoms with E-state index in [4.69, 9.17) is 5.11 Å². The molecule has 0 amide bonds. The highest BCUT2D eigenvalue weighted by Crippen LogP contribution is 2.02. The summed E-state index contributed by atoms with van der Waals surface area (Å²) in [4.78, 5) is 0. The molecule has 0 heterocycles. The Labute approximate surface area is 74.9 Å². The normalized spacial score (nSPS) is 16.7. The minimum atomic E-state index is -0.402. The van der Waals surface area contributed by atoms with Gasteiger partial charge in [-0.15, -0.1) is 0 Å². The van der Waals surface area contributed by atoms with Crippen LogP contribution in [0.25, 0.3) is 0 Å². The molecule has 0 bridgehead atoms. The lowest BCUT2D eigenvalue weighted by Gasteiger charge is -2.05. The quantitative estimate of drug-likeness (QED) is 0.600. The van der Waals surface area contributed by atoms with Crippen LogP contribution in [0.5, 0.6) is 0 Å². The zero-order valence-electron chi connectivity index (χ0n) is 8.03. The zero-order chi connectivity index (χ0) is 9.40. The molecule has 2 unspecified atom stereocenters. The lowest BCUT2D eigenvalue weighted by Crippen LogP contribution is -2.05. The second-order valence-electron chi connectivity index (χ2n) is 3.07. The van der Waals surface area contributed by atoms with Gasteiger partial charge in [-0.05, 0) is 12.8 Å². The molecule has 2 N–H and O–H groups in total. The van der Waals surface area contributed by atoms with Crippen LogP contribution >= 0.6 is 0 Å². The van der Waals surface area contributed by atoms with E-state index < -0.39 is 6.10 Å². The Hall–Kier alpha value is -0.340. The molecule has 72 valence electrons. The van der Waals surface area contributed by atoms with Gasteiger partial charge in [-0.2, -0.15) is 0 Å². The molecule has 0 rings (SSSR count). The summed E-state index contributed by atoms with van der Waals surface area (Å²) in [5.41, 5.74) is 0. The van der Waals surface area contributed by atoms with Gasteiger partial charge in [-0.1, -0.05) is 38.8 Å². The van der Waals surface area contributed by atoms with Crippen molar-refractivity contribution in [1.29, 1.82) is 0 Å². The molecule has 2 nitrogen and oxygen atoms in total. The second kappa shape index (κ2) is 7.32. The minimum Gasteiger partial charge on any atom is -0.389 e. The van der Waals surface area contributed by atoms with Crippen LogP contribution < -0.4 is 0 Å². The Balaban J connectivity index is 3.52. The highest BCUT2D eigenvalue weighted by molar-refractivity contribution is 4.92. The first kappa shape index (κ1) is 11.7. The Morgan fingerprint density at radius 1 is 1.08 bits per heavy atom. The van der Waals surface area contributed by atoms with Crippen molar-refractivity contribution in [2.75, 3.05) is 0 Å². The Bertz CT molecular complexity index is 121. The molecule has 0 aromatic carbocycles.